The first-order chi connectivity index (χ1) is 9.68. The molecule has 2 aliphatic carbocycles. The van der Waals surface area contributed by atoms with Crippen molar-refractivity contribution in [1.82, 2.24) is 9.36 Å². The molecule has 2 fully saturated rings. The van der Waals surface area contributed by atoms with Crippen LogP contribution in [0.1, 0.15) is 48.8 Å². The molecule has 0 amide bonds. The summed E-state index contributed by atoms with van der Waals surface area (Å²) in [6.45, 7) is 0. The molecule has 3 nitrogen and oxygen atoms in total. The first-order valence-corrected chi connectivity index (χ1v) is 7.25. The quantitative estimate of drug-likeness (QED) is 0.843. The van der Waals surface area contributed by atoms with Gasteiger partial charge in [-0.2, -0.15) is 0 Å². The van der Waals surface area contributed by atoms with Gasteiger partial charge in [-0.05, 0) is 43.7 Å². The van der Waals surface area contributed by atoms with Crippen molar-refractivity contribution in [2.24, 2.45) is 7.05 Å². The monoisotopic (exact) mass is 272 g/mol. The Labute approximate surface area is 116 Å². The molecule has 0 unspecified atom stereocenters. The van der Waals surface area contributed by atoms with Gasteiger partial charge in [-0.3, -0.25) is 9.48 Å². The number of benzene rings is 1. The van der Waals surface area contributed by atoms with Gasteiger partial charge in [-0.1, -0.05) is 12.1 Å². The SMILES string of the molecule is Cn1c(C2CC2)c(C2CC2)c(=O)n1-c1ccccc1F. The summed E-state index contributed by atoms with van der Waals surface area (Å²) in [6.07, 6.45) is 4.48. The van der Waals surface area contributed by atoms with E-state index in [2.05, 4.69) is 0 Å². The minimum absolute atomic E-state index is 0.0259. The van der Waals surface area contributed by atoms with Crippen molar-refractivity contribution in [2.45, 2.75) is 37.5 Å². The molecular formula is C16H17FN2O. The molecule has 0 aliphatic heterocycles. The number of nitrogens with zero attached hydrogens (tertiary/aromatic N) is 2. The van der Waals surface area contributed by atoms with Crippen LogP contribution >= 0.6 is 0 Å². The molecule has 1 aromatic carbocycles. The molecule has 2 aromatic rings. The third-order valence-electron chi connectivity index (χ3n) is 4.38. The van der Waals surface area contributed by atoms with Gasteiger partial charge in [0.25, 0.3) is 5.56 Å². The highest BCUT2D eigenvalue weighted by atomic mass is 19.1. The summed E-state index contributed by atoms with van der Waals surface area (Å²) in [5, 5.41) is 0. The Hall–Kier alpha value is -1.84. The summed E-state index contributed by atoms with van der Waals surface area (Å²) >= 11 is 0. The second kappa shape index (κ2) is 4.08. The van der Waals surface area contributed by atoms with E-state index in [-0.39, 0.29) is 11.4 Å². The lowest BCUT2D eigenvalue weighted by atomic mass is 10.1. The normalized spacial score (nSPS) is 18.5. The van der Waals surface area contributed by atoms with Crippen LogP contribution in [0.3, 0.4) is 0 Å². The van der Waals surface area contributed by atoms with Crippen molar-refractivity contribution in [3.8, 4) is 5.69 Å². The molecule has 4 rings (SSSR count). The topological polar surface area (TPSA) is 26.9 Å². The van der Waals surface area contributed by atoms with Crippen LogP contribution in [0.25, 0.3) is 5.69 Å². The zero-order valence-corrected chi connectivity index (χ0v) is 11.5. The average Bonchev–Trinajstić information content (AvgIpc) is 3.31. The number of halogens is 1. The molecule has 4 heteroatoms. The van der Waals surface area contributed by atoms with E-state index in [1.165, 1.54) is 10.7 Å². The van der Waals surface area contributed by atoms with Crippen molar-refractivity contribution >= 4 is 0 Å². The Morgan fingerprint density at radius 3 is 2.35 bits per heavy atom. The molecule has 20 heavy (non-hydrogen) atoms. The fourth-order valence-electron chi connectivity index (χ4n) is 3.13. The minimum atomic E-state index is -0.347. The van der Waals surface area contributed by atoms with E-state index in [9.17, 15) is 9.18 Å². The van der Waals surface area contributed by atoms with Gasteiger partial charge in [-0.25, -0.2) is 9.07 Å². The lowest BCUT2D eigenvalue weighted by Gasteiger charge is -2.10. The first-order valence-electron chi connectivity index (χ1n) is 7.25. The molecule has 0 N–H and O–H groups in total. The Kier molecular flexibility index (Phi) is 2.43. The number of aromatic nitrogens is 2. The molecule has 0 radical (unpaired) electrons. The van der Waals surface area contributed by atoms with Crippen LogP contribution in [0.5, 0.6) is 0 Å². The first kappa shape index (κ1) is 11.9. The summed E-state index contributed by atoms with van der Waals surface area (Å²) in [5.74, 6) is 0.550. The predicted molar refractivity (Wildman–Crippen MR) is 74.9 cm³/mol. The molecule has 2 saturated carbocycles. The Morgan fingerprint density at radius 1 is 1.10 bits per heavy atom. The molecule has 1 aromatic heterocycles. The van der Waals surface area contributed by atoms with Gasteiger partial charge in [0, 0.05) is 24.2 Å². The van der Waals surface area contributed by atoms with Crippen molar-refractivity contribution in [2.75, 3.05) is 0 Å². The maximum atomic E-state index is 14.0. The van der Waals surface area contributed by atoms with E-state index in [0.717, 1.165) is 36.9 Å². The highest BCUT2D eigenvalue weighted by Crippen LogP contribution is 2.48. The Balaban J connectivity index is 1.99. The molecule has 1 heterocycles. The zero-order chi connectivity index (χ0) is 13.9. The van der Waals surface area contributed by atoms with E-state index in [1.54, 1.807) is 18.2 Å². The van der Waals surface area contributed by atoms with Crippen molar-refractivity contribution in [1.29, 1.82) is 0 Å². The molecule has 104 valence electrons. The van der Waals surface area contributed by atoms with Gasteiger partial charge in [0.05, 0.1) is 0 Å². The smallest absolute Gasteiger partial charge is 0.275 e. The van der Waals surface area contributed by atoms with E-state index >= 15 is 0 Å². The van der Waals surface area contributed by atoms with Crippen LogP contribution < -0.4 is 5.56 Å². The molecule has 2 aliphatic rings. The Morgan fingerprint density at radius 2 is 1.75 bits per heavy atom. The minimum Gasteiger partial charge on any atom is -0.284 e. The van der Waals surface area contributed by atoms with Crippen LogP contribution in [-0.4, -0.2) is 9.36 Å². The van der Waals surface area contributed by atoms with E-state index < -0.39 is 0 Å². The fraction of sp³-hybridized carbons (Fsp3) is 0.438. The van der Waals surface area contributed by atoms with E-state index in [1.807, 2.05) is 11.7 Å². The number of hydrogen-bond acceptors (Lipinski definition) is 1. The average molecular weight is 272 g/mol. The zero-order valence-electron chi connectivity index (χ0n) is 11.5. The van der Waals surface area contributed by atoms with Crippen molar-refractivity contribution in [3.63, 3.8) is 0 Å². The van der Waals surface area contributed by atoms with Crippen LogP contribution in [0, 0.1) is 5.82 Å². The lowest BCUT2D eigenvalue weighted by Crippen LogP contribution is -2.21. The molecule has 0 bridgehead atoms. The van der Waals surface area contributed by atoms with Crippen molar-refractivity contribution in [3.05, 3.63) is 51.7 Å². The second-order valence-electron chi connectivity index (χ2n) is 5.94. The number of rotatable bonds is 3. The number of hydrogen-bond donors (Lipinski definition) is 0. The summed E-state index contributed by atoms with van der Waals surface area (Å²) in [4.78, 5) is 12.8. The van der Waals surface area contributed by atoms with Gasteiger partial charge in [-0.15, -0.1) is 0 Å². The second-order valence-corrected chi connectivity index (χ2v) is 5.94. The summed E-state index contributed by atoms with van der Waals surface area (Å²) in [7, 11) is 1.88. The van der Waals surface area contributed by atoms with Crippen LogP contribution in [-0.2, 0) is 7.05 Å². The van der Waals surface area contributed by atoms with Crippen LogP contribution in [0.2, 0.25) is 0 Å². The van der Waals surface area contributed by atoms with Crippen LogP contribution in [0.15, 0.2) is 29.1 Å². The van der Waals surface area contributed by atoms with Gasteiger partial charge >= 0.3 is 0 Å². The number of para-hydroxylation sites is 1. The lowest BCUT2D eigenvalue weighted by molar-refractivity contribution is 0.564. The maximum absolute atomic E-state index is 14.0. The molecule has 0 saturated heterocycles. The molecular weight excluding hydrogens is 255 g/mol. The summed E-state index contributed by atoms with van der Waals surface area (Å²) in [5.41, 5.74) is 2.41. The third kappa shape index (κ3) is 1.67. The van der Waals surface area contributed by atoms with Gasteiger partial charge in [0.15, 0.2) is 0 Å². The molecule has 0 spiro atoms. The predicted octanol–water partition coefficient (Wildman–Crippen LogP) is 3.07. The maximum Gasteiger partial charge on any atom is 0.275 e. The van der Waals surface area contributed by atoms with E-state index in [4.69, 9.17) is 0 Å². The highest BCUT2D eigenvalue weighted by molar-refractivity contribution is 5.39. The summed E-state index contributed by atoms with van der Waals surface area (Å²) in [6, 6.07) is 6.49. The third-order valence-corrected chi connectivity index (χ3v) is 4.38. The summed E-state index contributed by atoms with van der Waals surface area (Å²) < 4.78 is 17.4. The van der Waals surface area contributed by atoms with Gasteiger partial charge < -0.3 is 0 Å². The highest BCUT2D eigenvalue weighted by Gasteiger charge is 2.39. The van der Waals surface area contributed by atoms with Gasteiger partial charge in [0.2, 0.25) is 0 Å². The fourth-order valence-corrected chi connectivity index (χ4v) is 3.13. The van der Waals surface area contributed by atoms with Crippen molar-refractivity contribution < 1.29 is 4.39 Å². The van der Waals surface area contributed by atoms with Crippen LogP contribution in [0.4, 0.5) is 4.39 Å². The molecule has 0 atom stereocenters. The van der Waals surface area contributed by atoms with E-state index in [0.29, 0.717) is 17.5 Å². The largest absolute Gasteiger partial charge is 0.284 e. The Bertz CT molecular complexity index is 735. The standard InChI is InChI=1S/C16H17FN2O/c1-18-15(11-8-9-11)14(10-6-7-10)16(20)19(18)13-5-3-2-4-12(13)17/h2-5,10-11H,6-9H2,1H3. The van der Waals surface area contributed by atoms with Gasteiger partial charge in [0.1, 0.15) is 11.5 Å².